The number of aromatic amines is 1. The summed E-state index contributed by atoms with van der Waals surface area (Å²) >= 11 is 0. The summed E-state index contributed by atoms with van der Waals surface area (Å²) in [6.45, 7) is 7.80. The molecule has 3 aromatic heterocycles. The molecule has 1 saturated heterocycles. The van der Waals surface area contributed by atoms with E-state index < -0.39 is 17.8 Å². The first-order valence-corrected chi connectivity index (χ1v) is 10.5. The van der Waals surface area contributed by atoms with Crippen LogP contribution >= 0.6 is 24.8 Å². The minimum absolute atomic E-state index is 0. The second-order valence-corrected chi connectivity index (χ2v) is 9.60. The van der Waals surface area contributed by atoms with Gasteiger partial charge in [0.25, 0.3) is 0 Å². The molecule has 0 saturated carbocycles. The molecule has 1 aliphatic rings. The van der Waals surface area contributed by atoms with Gasteiger partial charge in [-0.15, -0.1) is 40.1 Å². The molecule has 12 heteroatoms. The number of fused-ring (bicyclic) bond motifs is 1. The molecule has 0 spiro atoms. The van der Waals surface area contributed by atoms with Crippen LogP contribution in [-0.2, 0) is 0 Å². The van der Waals surface area contributed by atoms with E-state index in [0.29, 0.717) is 28.8 Å². The van der Waals surface area contributed by atoms with Crippen LogP contribution in [0.2, 0.25) is 0 Å². The average Bonchev–Trinajstić information content (AvgIpc) is 3.39. The van der Waals surface area contributed by atoms with E-state index in [1.165, 1.54) is 0 Å². The van der Waals surface area contributed by atoms with Crippen molar-refractivity contribution in [2.75, 3.05) is 0 Å². The van der Waals surface area contributed by atoms with Crippen LogP contribution in [0.15, 0.2) is 36.7 Å². The Morgan fingerprint density at radius 3 is 2.50 bits per heavy atom. The predicted octanol–water partition coefficient (Wildman–Crippen LogP) is 4.26. The molecule has 0 aliphatic carbocycles. The van der Waals surface area contributed by atoms with Crippen LogP contribution in [0.25, 0.3) is 33.5 Å². The molecule has 0 bridgehead atoms. The van der Waals surface area contributed by atoms with Crippen LogP contribution in [0.4, 0.5) is 4.39 Å². The quantitative estimate of drug-likeness (QED) is 0.378. The number of aromatic hydroxyl groups is 1. The number of nitrogens with one attached hydrogen (secondary N) is 2. The number of aromatic nitrogens is 7. The standard InChI is InChI=1S/C22H25FN8O.2ClH/c1-21(2)9-17(19(23)22(3,4)29-21)31-20-16(27-30-31)8-15(26-28-20)14-6-5-12(7-18(14)32)13-10-24-25-11-13;;/h5-8,10-11,17,19,29,32H,9H2,1-4H3,(H,24,25);2*1H/t17-,19-;;/m0../s1. The fourth-order valence-corrected chi connectivity index (χ4v) is 4.75. The summed E-state index contributed by atoms with van der Waals surface area (Å²) < 4.78 is 16.9. The molecule has 1 aliphatic heterocycles. The zero-order chi connectivity index (χ0) is 22.7. The number of piperidine rings is 1. The van der Waals surface area contributed by atoms with E-state index in [1.54, 1.807) is 35.3 Å². The molecule has 34 heavy (non-hydrogen) atoms. The van der Waals surface area contributed by atoms with E-state index in [4.69, 9.17) is 0 Å². The van der Waals surface area contributed by atoms with Gasteiger partial charge in [-0.1, -0.05) is 11.3 Å². The number of phenolic OH excluding ortho intramolecular Hbond substituents is 1. The molecule has 4 aromatic rings. The van der Waals surface area contributed by atoms with Gasteiger partial charge in [0.1, 0.15) is 17.4 Å². The largest absolute Gasteiger partial charge is 0.507 e. The summed E-state index contributed by atoms with van der Waals surface area (Å²) in [4.78, 5) is 0. The highest BCUT2D eigenvalue weighted by molar-refractivity contribution is 5.85. The van der Waals surface area contributed by atoms with E-state index >= 15 is 4.39 Å². The van der Waals surface area contributed by atoms with E-state index in [1.807, 2.05) is 33.8 Å². The summed E-state index contributed by atoms with van der Waals surface area (Å²) in [6, 6.07) is 6.48. The lowest BCUT2D eigenvalue weighted by Gasteiger charge is -2.48. The van der Waals surface area contributed by atoms with Gasteiger partial charge in [0, 0.05) is 28.4 Å². The van der Waals surface area contributed by atoms with Crippen LogP contribution in [-0.4, -0.2) is 57.7 Å². The summed E-state index contributed by atoms with van der Waals surface area (Å²) in [5, 5.41) is 37.7. The number of benzene rings is 1. The maximum Gasteiger partial charge on any atom is 0.201 e. The molecule has 5 rings (SSSR count). The van der Waals surface area contributed by atoms with Gasteiger partial charge < -0.3 is 10.4 Å². The summed E-state index contributed by atoms with van der Waals surface area (Å²) in [7, 11) is 0. The SMILES string of the molecule is CC1(C)C[C@H](n2nnc3cc(-c4ccc(-c5cn[nH]c5)cc4O)nnc32)[C@H](F)C(C)(C)N1.Cl.Cl. The first-order chi connectivity index (χ1) is 15.1. The summed E-state index contributed by atoms with van der Waals surface area (Å²) in [5.41, 5.74) is 2.59. The Balaban J connectivity index is 0.00000162. The third-order valence-electron chi connectivity index (χ3n) is 6.05. The second-order valence-electron chi connectivity index (χ2n) is 9.60. The number of nitrogens with zero attached hydrogens (tertiary/aromatic N) is 6. The second kappa shape index (κ2) is 9.09. The molecule has 2 atom stereocenters. The lowest BCUT2D eigenvalue weighted by molar-refractivity contribution is 0.0257. The number of hydrogen-bond donors (Lipinski definition) is 3. The Labute approximate surface area is 208 Å². The number of phenols is 1. The molecule has 9 nitrogen and oxygen atoms in total. The zero-order valence-corrected chi connectivity index (χ0v) is 20.8. The van der Waals surface area contributed by atoms with Gasteiger partial charge in [0.2, 0.25) is 5.65 Å². The Morgan fingerprint density at radius 1 is 1.06 bits per heavy atom. The topological polar surface area (TPSA) is 117 Å². The van der Waals surface area contributed by atoms with Crippen molar-refractivity contribution >= 4 is 36.0 Å². The number of halogens is 3. The Kier molecular flexibility index (Phi) is 6.89. The van der Waals surface area contributed by atoms with Gasteiger partial charge in [0.15, 0.2) is 0 Å². The predicted molar refractivity (Wildman–Crippen MR) is 132 cm³/mol. The van der Waals surface area contributed by atoms with Crippen LogP contribution < -0.4 is 5.32 Å². The van der Waals surface area contributed by atoms with Crippen molar-refractivity contribution in [3.8, 4) is 28.1 Å². The van der Waals surface area contributed by atoms with Gasteiger partial charge in [0.05, 0.1) is 17.9 Å². The molecule has 0 amide bonds. The van der Waals surface area contributed by atoms with Crippen LogP contribution in [0, 0.1) is 0 Å². The molecule has 0 radical (unpaired) electrons. The van der Waals surface area contributed by atoms with Crippen molar-refractivity contribution in [2.24, 2.45) is 0 Å². The van der Waals surface area contributed by atoms with Gasteiger partial charge in [-0.2, -0.15) is 5.10 Å². The van der Waals surface area contributed by atoms with Gasteiger partial charge in [-0.05, 0) is 57.9 Å². The maximum absolute atomic E-state index is 15.4. The van der Waals surface area contributed by atoms with Gasteiger partial charge >= 0.3 is 0 Å². The fourth-order valence-electron chi connectivity index (χ4n) is 4.75. The first kappa shape index (κ1) is 25.8. The Bertz CT molecular complexity index is 1290. The van der Waals surface area contributed by atoms with Crippen LogP contribution in [0.5, 0.6) is 5.75 Å². The highest BCUT2D eigenvalue weighted by atomic mass is 35.5. The lowest BCUT2D eigenvalue weighted by Crippen LogP contribution is -2.64. The highest BCUT2D eigenvalue weighted by Crippen LogP contribution is 2.39. The minimum Gasteiger partial charge on any atom is -0.507 e. The number of H-pyrrole nitrogens is 1. The molecule has 1 fully saturated rings. The van der Waals surface area contributed by atoms with Gasteiger partial charge in [-0.3, -0.25) is 5.10 Å². The first-order valence-electron chi connectivity index (χ1n) is 10.5. The molecular formula is C22H27Cl2FN8O. The average molecular weight is 509 g/mol. The monoisotopic (exact) mass is 508 g/mol. The number of rotatable bonds is 3. The molecule has 1 aromatic carbocycles. The third kappa shape index (κ3) is 4.45. The normalized spacial score (nSPS) is 21.0. The van der Waals surface area contributed by atoms with Crippen molar-refractivity contribution < 1.29 is 9.50 Å². The smallest absolute Gasteiger partial charge is 0.201 e. The summed E-state index contributed by atoms with van der Waals surface area (Å²) in [6.07, 6.45) is 2.79. The summed E-state index contributed by atoms with van der Waals surface area (Å²) in [5.74, 6) is 0.0652. The van der Waals surface area contributed by atoms with E-state index in [0.717, 1.165) is 11.1 Å². The fraction of sp³-hybridized carbons (Fsp3) is 0.409. The highest BCUT2D eigenvalue weighted by Gasteiger charge is 2.48. The minimum atomic E-state index is -1.18. The number of hydrogen-bond acceptors (Lipinski definition) is 7. The number of alkyl halides is 1. The molecular weight excluding hydrogens is 482 g/mol. The Morgan fingerprint density at radius 2 is 1.82 bits per heavy atom. The van der Waals surface area contributed by atoms with E-state index in [-0.39, 0.29) is 36.1 Å². The van der Waals surface area contributed by atoms with E-state index in [2.05, 4.69) is 36.0 Å². The van der Waals surface area contributed by atoms with Crippen molar-refractivity contribution in [2.45, 2.75) is 57.4 Å². The molecule has 182 valence electrons. The van der Waals surface area contributed by atoms with Gasteiger partial charge in [-0.25, -0.2) is 9.07 Å². The van der Waals surface area contributed by atoms with Crippen molar-refractivity contribution in [1.82, 2.24) is 40.7 Å². The Hall–Kier alpha value is -2.82. The van der Waals surface area contributed by atoms with E-state index in [9.17, 15) is 5.11 Å². The maximum atomic E-state index is 15.4. The van der Waals surface area contributed by atoms with Crippen molar-refractivity contribution in [1.29, 1.82) is 0 Å². The van der Waals surface area contributed by atoms with Crippen molar-refractivity contribution in [3.05, 3.63) is 36.7 Å². The van der Waals surface area contributed by atoms with Crippen molar-refractivity contribution in [3.63, 3.8) is 0 Å². The zero-order valence-electron chi connectivity index (χ0n) is 19.2. The third-order valence-corrected chi connectivity index (χ3v) is 6.05. The molecule has 3 N–H and O–H groups in total. The van der Waals surface area contributed by atoms with Crippen LogP contribution in [0.3, 0.4) is 0 Å². The molecule has 0 unspecified atom stereocenters. The molecule has 4 heterocycles. The lowest BCUT2D eigenvalue weighted by atomic mass is 9.78. The van der Waals surface area contributed by atoms with Crippen LogP contribution in [0.1, 0.15) is 40.2 Å².